The van der Waals surface area contributed by atoms with Gasteiger partial charge < -0.3 is 9.84 Å². The maximum absolute atomic E-state index is 9.78. The maximum Gasteiger partial charge on any atom is 0.242 e. The minimum atomic E-state index is -0.136. The Morgan fingerprint density at radius 1 is 1.35 bits per heavy atom. The van der Waals surface area contributed by atoms with Crippen LogP contribution in [0.3, 0.4) is 0 Å². The number of rotatable bonds is 2. The largest absolute Gasteiger partial charge is 0.492 e. The summed E-state index contributed by atoms with van der Waals surface area (Å²) in [5.41, 5.74) is 0.980. The van der Waals surface area contributed by atoms with Gasteiger partial charge in [-0.2, -0.15) is 4.98 Å². The van der Waals surface area contributed by atoms with Crippen molar-refractivity contribution in [3.05, 3.63) is 11.1 Å². The van der Waals surface area contributed by atoms with E-state index in [1.165, 1.54) is 6.33 Å². The molecule has 1 aliphatic rings. The van der Waals surface area contributed by atoms with Crippen LogP contribution in [-0.2, 0) is 4.74 Å². The molecule has 0 radical (unpaired) electrons. The molecule has 0 bridgehead atoms. The van der Waals surface area contributed by atoms with Crippen LogP contribution in [0.5, 0.6) is 5.88 Å². The van der Waals surface area contributed by atoms with Crippen LogP contribution in [0, 0.1) is 11.8 Å². The highest BCUT2D eigenvalue weighted by Gasteiger charge is 2.40. The third-order valence-corrected chi connectivity index (χ3v) is 4.81. The average Bonchev–Trinajstić information content (AvgIpc) is 2.90. The molecule has 0 aromatic carbocycles. The van der Waals surface area contributed by atoms with Crippen LogP contribution in [0.25, 0.3) is 11.2 Å². The number of fused-ring (bicyclic) bond motifs is 1. The van der Waals surface area contributed by atoms with Crippen molar-refractivity contribution in [2.45, 2.75) is 39.5 Å². The summed E-state index contributed by atoms with van der Waals surface area (Å²) < 4.78 is 8.66. The zero-order valence-electron chi connectivity index (χ0n) is 11.6. The third kappa shape index (κ3) is 1.91. The van der Waals surface area contributed by atoms with Gasteiger partial charge in [-0.25, -0.2) is 9.97 Å². The molecule has 0 saturated carbocycles. The second-order valence-electron chi connectivity index (χ2n) is 5.31. The average molecular weight is 341 g/mol. The Balaban J connectivity index is 2.11. The van der Waals surface area contributed by atoms with Gasteiger partial charge in [-0.15, -0.1) is 0 Å². The van der Waals surface area contributed by atoms with E-state index in [9.17, 15) is 5.11 Å². The molecule has 1 aliphatic heterocycles. The predicted molar refractivity (Wildman–Crippen MR) is 77.2 cm³/mol. The lowest BCUT2D eigenvalue weighted by Gasteiger charge is -2.19. The van der Waals surface area contributed by atoms with Crippen LogP contribution < -0.4 is 0 Å². The van der Waals surface area contributed by atoms with Gasteiger partial charge in [0.15, 0.2) is 15.9 Å². The molecule has 2 aromatic heterocycles. The smallest absolute Gasteiger partial charge is 0.242 e. The lowest BCUT2D eigenvalue weighted by atomic mass is 9.91. The summed E-state index contributed by atoms with van der Waals surface area (Å²) in [5.74, 6) is 0.690. The van der Waals surface area contributed by atoms with E-state index in [1.807, 2.05) is 4.57 Å². The van der Waals surface area contributed by atoms with Gasteiger partial charge in [0.05, 0.1) is 6.10 Å². The minimum absolute atomic E-state index is 0.111. The second kappa shape index (κ2) is 4.96. The van der Waals surface area contributed by atoms with E-state index in [4.69, 9.17) is 4.74 Å². The summed E-state index contributed by atoms with van der Waals surface area (Å²) >= 11 is 3.44. The molecule has 3 heterocycles. The van der Waals surface area contributed by atoms with Crippen molar-refractivity contribution in [2.24, 2.45) is 11.8 Å². The lowest BCUT2D eigenvalue weighted by molar-refractivity contribution is -0.0132. The molecule has 3 rings (SSSR count). The van der Waals surface area contributed by atoms with E-state index in [0.29, 0.717) is 27.7 Å². The Bertz CT molecular complexity index is 645. The molecule has 1 unspecified atom stereocenters. The SMILES string of the molecule is CC[C@H]1O[C@@H](n2c(Br)nc3c(O)ncnc32)C(C)[C@H]1C. The summed E-state index contributed by atoms with van der Waals surface area (Å²) in [7, 11) is 0. The van der Waals surface area contributed by atoms with Crippen LogP contribution in [0.1, 0.15) is 33.4 Å². The molecular formula is C13H17BrN4O2. The molecule has 4 atom stereocenters. The molecule has 2 aromatic rings. The zero-order chi connectivity index (χ0) is 14.4. The highest BCUT2D eigenvalue weighted by Crippen LogP contribution is 2.42. The fraction of sp³-hybridized carbons (Fsp3) is 0.615. The zero-order valence-corrected chi connectivity index (χ0v) is 13.2. The molecule has 1 saturated heterocycles. The van der Waals surface area contributed by atoms with Crippen molar-refractivity contribution in [2.75, 3.05) is 0 Å². The Hall–Kier alpha value is -1.21. The second-order valence-corrected chi connectivity index (χ2v) is 6.02. The van der Waals surface area contributed by atoms with Gasteiger partial charge in [0, 0.05) is 5.92 Å². The normalized spacial score (nSPS) is 30.2. The Kier molecular flexibility index (Phi) is 3.41. The number of ether oxygens (including phenoxy) is 1. The highest BCUT2D eigenvalue weighted by molar-refractivity contribution is 9.10. The number of hydrogen-bond acceptors (Lipinski definition) is 5. The first-order chi connectivity index (χ1) is 9.54. The summed E-state index contributed by atoms with van der Waals surface area (Å²) in [4.78, 5) is 12.3. The van der Waals surface area contributed by atoms with Crippen molar-refractivity contribution in [1.29, 1.82) is 0 Å². The van der Waals surface area contributed by atoms with Crippen molar-refractivity contribution in [3.8, 4) is 5.88 Å². The van der Waals surface area contributed by atoms with Gasteiger partial charge in [-0.3, -0.25) is 4.57 Å². The van der Waals surface area contributed by atoms with Crippen molar-refractivity contribution < 1.29 is 9.84 Å². The topological polar surface area (TPSA) is 73.1 Å². The molecule has 6 nitrogen and oxygen atoms in total. The van der Waals surface area contributed by atoms with Crippen LogP contribution >= 0.6 is 15.9 Å². The number of imidazole rings is 1. The lowest BCUT2D eigenvalue weighted by Crippen LogP contribution is -2.16. The first kappa shape index (κ1) is 13.8. The van der Waals surface area contributed by atoms with Gasteiger partial charge in [0.1, 0.15) is 12.6 Å². The van der Waals surface area contributed by atoms with Crippen LogP contribution in [0.2, 0.25) is 0 Å². The Labute approximate surface area is 125 Å². The number of hydrogen-bond donors (Lipinski definition) is 1. The number of nitrogens with zero attached hydrogens (tertiary/aromatic N) is 4. The van der Waals surface area contributed by atoms with Crippen LogP contribution in [0.15, 0.2) is 11.1 Å². The summed E-state index contributed by atoms with van der Waals surface area (Å²) in [5, 5.41) is 9.78. The van der Waals surface area contributed by atoms with Gasteiger partial charge >= 0.3 is 0 Å². The minimum Gasteiger partial charge on any atom is -0.492 e. The highest BCUT2D eigenvalue weighted by atomic mass is 79.9. The standard InChI is InChI=1S/C13H17BrN4O2/c1-4-8-6(2)7(3)12(20-8)18-10-9(17-13(18)14)11(19)16-5-15-10/h5-8,12H,4H2,1-3H3,(H,15,16,19)/t6-,7?,8-,12-/m1/s1. The number of aromatic nitrogens is 4. The molecule has 0 amide bonds. The van der Waals surface area contributed by atoms with Crippen molar-refractivity contribution >= 4 is 27.1 Å². The molecule has 108 valence electrons. The third-order valence-electron chi connectivity index (χ3n) is 4.25. The van der Waals surface area contributed by atoms with Crippen molar-refractivity contribution in [3.63, 3.8) is 0 Å². The summed E-state index contributed by atoms with van der Waals surface area (Å²) in [6.07, 6.45) is 2.41. The van der Waals surface area contributed by atoms with E-state index in [2.05, 4.69) is 51.7 Å². The molecule has 1 fully saturated rings. The van der Waals surface area contributed by atoms with Crippen LogP contribution in [-0.4, -0.2) is 30.7 Å². The molecule has 0 spiro atoms. The van der Waals surface area contributed by atoms with E-state index in [0.717, 1.165) is 6.42 Å². The van der Waals surface area contributed by atoms with E-state index < -0.39 is 0 Å². The van der Waals surface area contributed by atoms with Gasteiger partial charge in [-0.05, 0) is 28.3 Å². The van der Waals surface area contributed by atoms with Gasteiger partial charge in [-0.1, -0.05) is 20.8 Å². The van der Waals surface area contributed by atoms with Gasteiger partial charge in [0.25, 0.3) is 0 Å². The quantitative estimate of drug-likeness (QED) is 0.851. The summed E-state index contributed by atoms with van der Waals surface area (Å²) in [6.45, 7) is 6.51. The first-order valence-electron chi connectivity index (χ1n) is 6.77. The van der Waals surface area contributed by atoms with E-state index >= 15 is 0 Å². The van der Waals surface area contributed by atoms with Crippen molar-refractivity contribution in [1.82, 2.24) is 19.5 Å². The molecule has 7 heteroatoms. The Morgan fingerprint density at radius 2 is 2.10 bits per heavy atom. The maximum atomic E-state index is 9.78. The molecule has 1 N–H and O–H groups in total. The van der Waals surface area contributed by atoms with E-state index in [1.54, 1.807) is 0 Å². The monoisotopic (exact) mass is 340 g/mol. The van der Waals surface area contributed by atoms with Crippen LogP contribution in [0.4, 0.5) is 0 Å². The predicted octanol–water partition coefficient (Wildman–Crippen LogP) is 2.87. The molecular weight excluding hydrogens is 324 g/mol. The van der Waals surface area contributed by atoms with Gasteiger partial charge in [0.2, 0.25) is 5.88 Å². The van der Waals surface area contributed by atoms with E-state index in [-0.39, 0.29) is 18.2 Å². The molecule has 20 heavy (non-hydrogen) atoms. The first-order valence-corrected chi connectivity index (χ1v) is 7.56. The molecule has 0 aliphatic carbocycles. The fourth-order valence-corrected chi connectivity index (χ4v) is 3.43. The number of aromatic hydroxyl groups is 1. The fourth-order valence-electron chi connectivity index (χ4n) is 2.89. The Morgan fingerprint density at radius 3 is 2.75 bits per heavy atom. The number of halogens is 1. The summed E-state index contributed by atoms with van der Waals surface area (Å²) in [6, 6.07) is 0.